The van der Waals surface area contributed by atoms with Crippen LogP contribution in [0.15, 0.2) is 12.2 Å². The van der Waals surface area contributed by atoms with Crippen LogP contribution in [0.2, 0.25) is 0 Å². The molecule has 1 N–H and O–H groups in total. The number of hydrogen-bond acceptors (Lipinski definition) is 2. The SMILES string of the molecule is COCCNC1CC=CCC1. The van der Waals surface area contributed by atoms with Crippen LogP contribution >= 0.6 is 0 Å². The highest BCUT2D eigenvalue weighted by atomic mass is 16.5. The standard InChI is InChI=1S/C9H17NO/c1-11-8-7-10-9-5-3-2-4-6-9/h2-3,9-10H,4-8H2,1H3. The molecule has 1 unspecified atom stereocenters. The van der Waals surface area contributed by atoms with Crippen LogP contribution in [0.5, 0.6) is 0 Å². The van der Waals surface area contributed by atoms with Crippen LogP contribution in [0.4, 0.5) is 0 Å². The van der Waals surface area contributed by atoms with Crippen molar-refractivity contribution < 1.29 is 4.74 Å². The first-order valence-electron chi connectivity index (χ1n) is 4.31. The van der Waals surface area contributed by atoms with Crippen molar-refractivity contribution in [1.29, 1.82) is 0 Å². The maximum absolute atomic E-state index is 4.95. The van der Waals surface area contributed by atoms with Crippen molar-refractivity contribution in [3.05, 3.63) is 12.2 Å². The number of methoxy groups -OCH3 is 1. The molecule has 0 heterocycles. The van der Waals surface area contributed by atoms with E-state index in [0.717, 1.165) is 13.2 Å². The van der Waals surface area contributed by atoms with Crippen molar-refractivity contribution in [1.82, 2.24) is 5.32 Å². The third-order valence-corrected chi connectivity index (χ3v) is 2.01. The van der Waals surface area contributed by atoms with E-state index in [-0.39, 0.29) is 0 Å². The van der Waals surface area contributed by atoms with Gasteiger partial charge in [0.25, 0.3) is 0 Å². The van der Waals surface area contributed by atoms with E-state index in [4.69, 9.17) is 4.74 Å². The zero-order valence-electron chi connectivity index (χ0n) is 7.18. The lowest BCUT2D eigenvalue weighted by Gasteiger charge is -2.18. The number of ether oxygens (including phenoxy) is 1. The van der Waals surface area contributed by atoms with Gasteiger partial charge in [-0.15, -0.1) is 0 Å². The van der Waals surface area contributed by atoms with Crippen LogP contribution in [0.1, 0.15) is 19.3 Å². The molecule has 0 bridgehead atoms. The fraction of sp³-hybridized carbons (Fsp3) is 0.778. The normalized spacial score (nSPS) is 23.9. The Bertz CT molecular complexity index is 123. The maximum atomic E-state index is 4.95. The van der Waals surface area contributed by atoms with E-state index in [2.05, 4.69) is 17.5 Å². The average molecular weight is 155 g/mol. The Kier molecular flexibility index (Phi) is 4.24. The van der Waals surface area contributed by atoms with Gasteiger partial charge in [0, 0.05) is 19.7 Å². The van der Waals surface area contributed by atoms with E-state index in [1.165, 1.54) is 19.3 Å². The van der Waals surface area contributed by atoms with Crippen molar-refractivity contribution in [3.8, 4) is 0 Å². The van der Waals surface area contributed by atoms with Gasteiger partial charge >= 0.3 is 0 Å². The largest absolute Gasteiger partial charge is 0.383 e. The Morgan fingerprint density at radius 1 is 1.55 bits per heavy atom. The molecule has 0 aromatic carbocycles. The van der Waals surface area contributed by atoms with Gasteiger partial charge in [-0.2, -0.15) is 0 Å². The van der Waals surface area contributed by atoms with Crippen molar-refractivity contribution in [2.24, 2.45) is 0 Å². The van der Waals surface area contributed by atoms with E-state index < -0.39 is 0 Å². The summed E-state index contributed by atoms with van der Waals surface area (Å²) in [5, 5.41) is 3.45. The minimum atomic E-state index is 0.690. The predicted molar refractivity (Wildman–Crippen MR) is 46.7 cm³/mol. The molecular weight excluding hydrogens is 138 g/mol. The molecule has 2 nitrogen and oxygen atoms in total. The summed E-state index contributed by atoms with van der Waals surface area (Å²) in [5.74, 6) is 0. The minimum absolute atomic E-state index is 0.690. The van der Waals surface area contributed by atoms with Crippen LogP contribution in [0.3, 0.4) is 0 Å². The summed E-state index contributed by atoms with van der Waals surface area (Å²) in [6.45, 7) is 1.80. The molecule has 0 aliphatic heterocycles. The summed E-state index contributed by atoms with van der Waals surface area (Å²) < 4.78 is 4.95. The lowest BCUT2D eigenvalue weighted by molar-refractivity contribution is 0.195. The monoisotopic (exact) mass is 155 g/mol. The number of rotatable bonds is 4. The summed E-state index contributed by atoms with van der Waals surface area (Å²) in [7, 11) is 1.74. The van der Waals surface area contributed by atoms with Crippen LogP contribution in [-0.2, 0) is 4.74 Å². The summed E-state index contributed by atoms with van der Waals surface area (Å²) in [6, 6.07) is 0.690. The van der Waals surface area contributed by atoms with E-state index in [1.54, 1.807) is 7.11 Å². The molecular formula is C9H17NO. The van der Waals surface area contributed by atoms with Crippen LogP contribution in [-0.4, -0.2) is 26.3 Å². The smallest absolute Gasteiger partial charge is 0.0587 e. The zero-order valence-corrected chi connectivity index (χ0v) is 7.18. The quantitative estimate of drug-likeness (QED) is 0.488. The molecule has 0 fully saturated rings. The molecule has 0 spiro atoms. The van der Waals surface area contributed by atoms with Crippen molar-refractivity contribution in [2.75, 3.05) is 20.3 Å². The second-order valence-electron chi connectivity index (χ2n) is 2.93. The Labute approximate surface area is 68.6 Å². The Morgan fingerprint density at radius 3 is 3.09 bits per heavy atom. The molecule has 0 saturated carbocycles. The maximum Gasteiger partial charge on any atom is 0.0587 e. The molecule has 0 aromatic rings. The molecule has 1 aliphatic carbocycles. The van der Waals surface area contributed by atoms with E-state index in [1.807, 2.05) is 0 Å². The fourth-order valence-electron chi connectivity index (χ4n) is 1.34. The molecule has 0 aromatic heterocycles. The van der Waals surface area contributed by atoms with Crippen LogP contribution in [0.25, 0.3) is 0 Å². The molecule has 0 saturated heterocycles. The second kappa shape index (κ2) is 5.33. The van der Waals surface area contributed by atoms with Crippen LogP contribution in [0, 0.1) is 0 Å². The molecule has 11 heavy (non-hydrogen) atoms. The Balaban J connectivity index is 2.02. The zero-order chi connectivity index (χ0) is 7.94. The first kappa shape index (κ1) is 8.75. The summed E-state index contributed by atoms with van der Waals surface area (Å²) in [5.41, 5.74) is 0. The number of hydrogen-bond donors (Lipinski definition) is 1. The lowest BCUT2D eigenvalue weighted by atomic mass is 10.0. The van der Waals surface area contributed by atoms with Crippen molar-refractivity contribution in [2.45, 2.75) is 25.3 Å². The highest BCUT2D eigenvalue weighted by Gasteiger charge is 2.07. The van der Waals surface area contributed by atoms with Gasteiger partial charge in [-0.1, -0.05) is 12.2 Å². The van der Waals surface area contributed by atoms with E-state index >= 15 is 0 Å². The number of allylic oxidation sites excluding steroid dienone is 1. The Hall–Kier alpha value is -0.340. The molecule has 2 heteroatoms. The van der Waals surface area contributed by atoms with Gasteiger partial charge in [-0.05, 0) is 19.3 Å². The number of nitrogens with one attached hydrogen (secondary N) is 1. The van der Waals surface area contributed by atoms with Gasteiger partial charge in [0.15, 0.2) is 0 Å². The molecule has 1 atom stereocenters. The van der Waals surface area contributed by atoms with Gasteiger partial charge in [0.2, 0.25) is 0 Å². The molecule has 1 aliphatic rings. The average Bonchev–Trinajstić information content (AvgIpc) is 2.07. The van der Waals surface area contributed by atoms with Gasteiger partial charge in [0.05, 0.1) is 6.61 Å². The van der Waals surface area contributed by atoms with Gasteiger partial charge < -0.3 is 10.1 Å². The highest BCUT2D eigenvalue weighted by molar-refractivity contribution is 4.92. The third-order valence-electron chi connectivity index (χ3n) is 2.01. The van der Waals surface area contributed by atoms with Gasteiger partial charge in [-0.25, -0.2) is 0 Å². The molecule has 0 amide bonds. The van der Waals surface area contributed by atoms with Crippen molar-refractivity contribution >= 4 is 0 Å². The predicted octanol–water partition coefficient (Wildman–Crippen LogP) is 1.33. The minimum Gasteiger partial charge on any atom is -0.383 e. The van der Waals surface area contributed by atoms with Gasteiger partial charge in [-0.3, -0.25) is 0 Å². The summed E-state index contributed by atoms with van der Waals surface area (Å²) >= 11 is 0. The lowest BCUT2D eigenvalue weighted by Crippen LogP contribution is -2.32. The van der Waals surface area contributed by atoms with E-state index in [0.29, 0.717) is 6.04 Å². The third kappa shape index (κ3) is 3.54. The molecule has 0 radical (unpaired) electrons. The topological polar surface area (TPSA) is 21.3 Å². The summed E-state index contributed by atoms with van der Waals surface area (Å²) in [6.07, 6.45) is 8.21. The molecule has 64 valence electrons. The second-order valence-corrected chi connectivity index (χ2v) is 2.93. The Morgan fingerprint density at radius 2 is 2.45 bits per heavy atom. The van der Waals surface area contributed by atoms with Crippen molar-refractivity contribution in [3.63, 3.8) is 0 Å². The van der Waals surface area contributed by atoms with Gasteiger partial charge in [0.1, 0.15) is 0 Å². The highest BCUT2D eigenvalue weighted by Crippen LogP contribution is 2.09. The van der Waals surface area contributed by atoms with Crippen LogP contribution < -0.4 is 5.32 Å². The van der Waals surface area contributed by atoms with E-state index in [9.17, 15) is 0 Å². The first-order chi connectivity index (χ1) is 5.43. The summed E-state index contributed by atoms with van der Waals surface area (Å²) in [4.78, 5) is 0. The molecule has 1 rings (SSSR count). The first-order valence-corrected chi connectivity index (χ1v) is 4.31. The fourth-order valence-corrected chi connectivity index (χ4v) is 1.34.